The van der Waals surface area contributed by atoms with Crippen molar-refractivity contribution in [3.63, 3.8) is 0 Å². The minimum Gasteiger partial charge on any atom is -0.356 e. The van der Waals surface area contributed by atoms with Gasteiger partial charge < -0.3 is 5.32 Å². The Morgan fingerprint density at radius 3 is 3.05 bits per heavy atom. The second kappa shape index (κ2) is 7.28. The normalized spacial score (nSPS) is 15.6. The number of allylic oxidation sites excluding steroid dienone is 6. The number of hydrogen-bond donors (Lipinski definition) is 1. The van der Waals surface area contributed by atoms with Crippen LogP contribution in [0.3, 0.4) is 0 Å². The van der Waals surface area contributed by atoms with Crippen molar-refractivity contribution in [2.45, 2.75) is 26.2 Å². The van der Waals surface area contributed by atoms with E-state index in [1.54, 1.807) is 11.3 Å². The summed E-state index contributed by atoms with van der Waals surface area (Å²) in [7, 11) is 0. The summed E-state index contributed by atoms with van der Waals surface area (Å²) in [5, 5.41) is 7.07. The van der Waals surface area contributed by atoms with Crippen LogP contribution in [0.1, 0.15) is 31.7 Å². The molecule has 0 bridgehead atoms. The molecule has 0 atom stereocenters. The molecule has 0 saturated heterocycles. The summed E-state index contributed by atoms with van der Waals surface area (Å²) in [6.07, 6.45) is 18.7. The van der Waals surface area contributed by atoms with Gasteiger partial charge in [-0.3, -0.25) is 0 Å². The summed E-state index contributed by atoms with van der Waals surface area (Å²) in [5.41, 5.74) is 3.65. The second-order valence-corrected chi connectivity index (χ2v) is 6.32. The minimum absolute atomic E-state index is 1.15. The lowest BCUT2D eigenvalue weighted by atomic mass is 10.1. The summed E-state index contributed by atoms with van der Waals surface area (Å²) in [6.45, 7) is 2.03. The summed E-state index contributed by atoms with van der Waals surface area (Å²) < 4.78 is 1.33. The highest BCUT2D eigenvalue weighted by Crippen LogP contribution is 2.30. The first-order valence-corrected chi connectivity index (χ1v) is 8.69. The Morgan fingerprint density at radius 2 is 2.14 bits per heavy atom. The van der Waals surface area contributed by atoms with E-state index in [0.29, 0.717) is 0 Å². The molecule has 0 fully saturated rings. The summed E-state index contributed by atoms with van der Waals surface area (Å²) in [5.74, 6) is 0. The molecule has 0 aliphatic heterocycles. The van der Waals surface area contributed by atoms with Gasteiger partial charge in [0.25, 0.3) is 0 Å². The highest BCUT2D eigenvalue weighted by Gasteiger charge is 2.04. The highest BCUT2D eigenvalue weighted by atomic mass is 32.1. The maximum atomic E-state index is 3.54. The van der Waals surface area contributed by atoms with Gasteiger partial charge in [0.2, 0.25) is 0 Å². The number of thiophene rings is 1. The molecule has 2 aromatic rings. The lowest BCUT2D eigenvalue weighted by Gasteiger charge is -2.07. The molecule has 0 amide bonds. The van der Waals surface area contributed by atoms with E-state index in [-0.39, 0.29) is 0 Å². The van der Waals surface area contributed by atoms with Crippen LogP contribution in [0, 0.1) is 0 Å². The number of anilines is 1. The summed E-state index contributed by atoms with van der Waals surface area (Å²) >= 11 is 1.80. The molecule has 0 unspecified atom stereocenters. The number of hydrogen-bond acceptors (Lipinski definition) is 2. The fraction of sp³-hybridized carbons (Fsp3) is 0.200. The molecule has 1 heterocycles. The second-order valence-electron chi connectivity index (χ2n) is 5.40. The quantitative estimate of drug-likeness (QED) is 0.633. The van der Waals surface area contributed by atoms with Crippen LogP contribution >= 0.6 is 11.3 Å². The molecule has 1 nitrogen and oxygen atoms in total. The van der Waals surface area contributed by atoms with Gasteiger partial charge in [0.15, 0.2) is 0 Å². The summed E-state index contributed by atoms with van der Waals surface area (Å²) in [6, 6.07) is 6.62. The zero-order valence-corrected chi connectivity index (χ0v) is 13.7. The van der Waals surface area contributed by atoms with Crippen molar-refractivity contribution >= 4 is 33.2 Å². The molecular weight excluding hydrogens is 286 g/mol. The van der Waals surface area contributed by atoms with Crippen molar-refractivity contribution in [2.75, 3.05) is 5.32 Å². The van der Waals surface area contributed by atoms with E-state index in [9.17, 15) is 0 Å². The fourth-order valence-electron chi connectivity index (χ4n) is 2.56. The van der Waals surface area contributed by atoms with Crippen LogP contribution in [0.5, 0.6) is 0 Å². The monoisotopic (exact) mass is 307 g/mol. The fourth-order valence-corrected chi connectivity index (χ4v) is 3.47. The lowest BCUT2D eigenvalue weighted by molar-refractivity contribution is 0.874. The van der Waals surface area contributed by atoms with Crippen LogP contribution in [-0.4, -0.2) is 0 Å². The van der Waals surface area contributed by atoms with E-state index in [4.69, 9.17) is 0 Å². The van der Waals surface area contributed by atoms with Crippen molar-refractivity contribution < 1.29 is 0 Å². The van der Waals surface area contributed by atoms with Crippen molar-refractivity contribution in [1.29, 1.82) is 0 Å². The van der Waals surface area contributed by atoms with E-state index >= 15 is 0 Å². The average Bonchev–Trinajstić information content (AvgIpc) is 2.75. The molecule has 1 aliphatic carbocycles. The first kappa shape index (κ1) is 14.9. The van der Waals surface area contributed by atoms with Crippen molar-refractivity contribution in [3.05, 3.63) is 71.3 Å². The maximum absolute atomic E-state index is 3.54. The van der Waals surface area contributed by atoms with Crippen LogP contribution < -0.4 is 5.32 Å². The SMILES string of the molecule is C/C=C\C=C/c1csc2ccc(NC3=CCCCC=C3)cc12. The first-order chi connectivity index (χ1) is 10.9. The number of rotatable bonds is 4. The molecule has 0 saturated carbocycles. The van der Waals surface area contributed by atoms with Gasteiger partial charge >= 0.3 is 0 Å². The molecule has 2 heteroatoms. The third-order valence-corrected chi connectivity index (χ3v) is 4.69. The molecule has 0 radical (unpaired) electrons. The topological polar surface area (TPSA) is 12.0 Å². The van der Waals surface area contributed by atoms with Gasteiger partial charge in [0.1, 0.15) is 0 Å². The van der Waals surface area contributed by atoms with Crippen LogP contribution in [-0.2, 0) is 0 Å². The molecule has 1 aromatic heterocycles. The van der Waals surface area contributed by atoms with Crippen LogP contribution in [0.15, 0.2) is 65.7 Å². The van der Waals surface area contributed by atoms with Gasteiger partial charge in [0.05, 0.1) is 0 Å². The zero-order valence-electron chi connectivity index (χ0n) is 12.9. The molecule has 3 rings (SSSR count). The Labute approximate surface area is 136 Å². The first-order valence-electron chi connectivity index (χ1n) is 7.81. The minimum atomic E-state index is 1.15. The Hall–Kier alpha value is -2.06. The lowest BCUT2D eigenvalue weighted by Crippen LogP contribution is -1.96. The zero-order chi connectivity index (χ0) is 15.2. The molecule has 1 aliphatic rings. The van der Waals surface area contributed by atoms with E-state index in [1.165, 1.54) is 34.2 Å². The van der Waals surface area contributed by atoms with Crippen LogP contribution in [0.2, 0.25) is 0 Å². The Morgan fingerprint density at radius 1 is 1.18 bits per heavy atom. The number of fused-ring (bicyclic) bond motifs is 1. The molecule has 1 N–H and O–H groups in total. The molecule has 112 valence electrons. The van der Waals surface area contributed by atoms with E-state index < -0.39 is 0 Å². The van der Waals surface area contributed by atoms with E-state index in [2.05, 4.69) is 65.4 Å². The van der Waals surface area contributed by atoms with E-state index in [1.807, 2.05) is 13.0 Å². The third-order valence-electron chi connectivity index (χ3n) is 3.71. The van der Waals surface area contributed by atoms with Crippen molar-refractivity contribution in [1.82, 2.24) is 0 Å². The third kappa shape index (κ3) is 3.58. The highest BCUT2D eigenvalue weighted by molar-refractivity contribution is 7.17. The summed E-state index contributed by atoms with van der Waals surface area (Å²) in [4.78, 5) is 0. The van der Waals surface area contributed by atoms with Gasteiger partial charge in [0, 0.05) is 21.5 Å². The number of benzene rings is 1. The maximum Gasteiger partial charge on any atom is 0.0391 e. The van der Waals surface area contributed by atoms with Crippen LogP contribution in [0.25, 0.3) is 16.2 Å². The Kier molecular flexibility index (Phi) is 4.92. The van der Waals surface area contributed by atoms with Crippen molar-refractivity contribution in [2.24, 2.45) is 0 Å². The van der Waals surface area contributed by atoms with Crippen molar-refractivity contribution in [3.8, 4) is 0 Å². The van der Waals surface area contributed by atoms with Gasteiger partial charge in [-0.2, -0.15) is 0 Å². The Balaban J connectivity index is 1.88. The molecule has 22 heavy (non-hydrogen) atoms. The molecule has 1 aromatic carbocycles. The predicted molar refractivity (Wildman–Crippen MR) is 100 cm³/mol. The average molecular weight is 307 g/mol. The Bertz CT molecular complexity index is 759. The van der Waals surface area contributed by atoms with Gasteiger partial charge in [-0.25, -0.2) is 0 Å². The van der Waals surface area contributed by atoms with Crippen LogP contribution in [0.4, 0.5) is 5.69 Å². The van der Waals surface area contributed by atoms with Gasteiger partial charge in [-0.05, 0) is 61.4 Å². The van der Waals surface area contributed by atoms with E-state index in [0.717, 1.165) is 12.1 Å². The molecular formula is C20H21NS. The smallest absolute Gasteiger partial charge is 0.0391 e. The largest absolute Gasteiger partial charge is 0.356 e. The predicted octanol–water partition coefficient (Wildman–Crippen LogP) is 6.53. The van der Waals surface area contributed by atoms with Gasteiger partial charge in [-0.15, -0.1) is 11.3 Å². The number of nitrogens with one attached hydrogen (secondary N) is 1. The van der Waals surface area contributed by atoms with Gasteiger partial charge in [-0.1, -0.05) is 36.5 Å². The standard InChI is InChI=1S/C20H21NS/c1-2-3-6-9-16-15-22-20-13-12-18(14-19(16)20)21-17-10-7-4-5-8-11-17/h2-3,6-7,9-15,21H,4-5,8H2,1H3/b3-2-,9-6-. The molecule has 0 spiro atoms.